The molecule has 0 bridgehead atoms. The fourth-order valence-corrected chi connectivity index (χ4v) is 18.3. The smallest absolute Gasteiger partial charge is 0.115 e. The first kappa shape index (κ1) is 46.2. The van der Waals surface area contributed by atoms with E-state index in [1.165, 1.54) is 50.8 Å². The van der Waals surface area contributed by atoms with E-state index >= 15 is 0 Å². The summed E-state index contributed by atoms with van der Waals surface area (Å²) in [6.45, 7) is 0. The predicted octanol–water partition coefficient (Wildman–Crippen LogP) is 6.44. The van der Waals surface area contributed by atoms with Crippen LogP contribution in [0.4, 0.5) is 0 Å². The van der Waals surface area contributed by atoms with Gasteiger partial charge in [-0.2, -0.15) is 0 Å². The number of aromatic amines is 1. The van der Waals surface area contributed by atoms with Gasteiger partial charge in [-0.3, -0.25) is 0 Å². The fourth-order valence-electron chi connectivity index (χ4n) is 8.91. The summed E-state index contributed by atoms with van der Waals surface area (Å²) in [4.78, 5) is 15.4. The van der Waals surface area contributed by atoms with Gasteiger partial charge in [0.1, 0.15) is 6.33 Å². The zero-order valence-electron chi connectivity index (χ0n) is 34.4. The van der Waals surface area contributed by atoms with Gasteiger partial charge in [0.15, 0.2) is 0 Å². The molecule has 13 radical (unpaired) electrons. The summed E-state index contributed by atoms with van der Waals surface area (Å²) in [7, 11) is 33.5. The summed E-state index contributed by atoms with van der Waals surface area (Å²) in [5.74, 6) is 0. The molecule has 2 aliphatic rings. The zero-order chi connectivity index (χ0) is 43.7. The molecular formula is C44H37B11Br2N4P. The van der Waals surface area contributed by atoms with Crippen LogP contribution in [0.1, 0.15) is 46.4 Å². The summed E-state index contributed by atoms with van der Waals surface area (Å²) >= 11 is 8.40. The largest absolute Gasteiger partial charge is 0.345 e. The summed E-state index contributed by atoms with van der Waals surface area (Å²) in [5.41, 5.74) is 10.7. The van der Waals surface area contributed by atoms with E-state index in [1.807, 2.05) is 18.6 Å². The third-order valence-electron chi connectivity index (χ3n) is 11.9. The SMILES string of the molecule is Brc1ccc2c(c1)C(P(Br)(c1ccccc1)(c1ccccc1)c1ccccc1)CC2.C(=C1/CCc2ccc(-c3cncnc3)cc21)/c1cnc[nH]1.[B][B]B([B])B(B([B])[B])B([B])[B]. The van der Waals surface area contributed by atoms with Crippen LogP contribution in [0, 0.1) is 0 Å². The first-order valence-corrected chi connectivity index (χ1v) is 25.7. The van der Waals surface area contributed by atoms with Gasteiger partial charge in [-0.1, -0.05) is 12.1 Å². The quantitative estimate of drug-likeness (QED) is 0.127. The van der Waals surface area contributed by atoms with Gasteiger partial charge < -0.3 is 4.98 Å². The maximum absolute atomic E-state index is 5.52. The van der Waals surface area contributed by atoms with Crippen molar-refractivity contribution in [2.75, 3.05) is 0 Å². The number of allylic oxidation sites excluding steroid dienone is 1. The Morgan fingerprint density at radius 1 is 0.661 bits per heavy atom. The first-order valence-electron chi connectivity index (χ1n) is 20.6. The summed E-state index contributed by atoms with van der Waals surface area (Å²) in [6, 6.07) is 46.8. The maximum atomic E-state index is 5.52. The van der Waals surface area contributed by atoms with E-state index in [0.29, 0.717) is 5.66 Å². The van der Waals surface area contributed by atoms with Crippen molar-refractivity contribution < 1.29 is 0 Å². The second-order valence-corrected chi connectivity index (χ2v) is 25.3. The van der Waals surface area contributed by atoms with Crippen LogP contribution in [-0.4, -0.2) is 99.0 Å². The average Bonchev–Trinajstić information content (AvgIpc) is 4.09. The number of hydrogen-bond acceptors (Lipinski definition) is 3. The topological polar surface area (TPSA) is 54.5 Å². The molecule has 9 rings (SSSR count). The van der Waals surface area contributed by atoms with Crippen molar-refractivity contribution in [1.29, 1.82) is 0 Å². The van der Waals surface area contributed by atoms with Crippen LogP contribution in [0.5, 0.6) is 0 Å². The molecule has 0 amide bonds. The number of benzene rings is 5. The Morgan fingerprint density at radius 2 is 1.24 bits per heavy atom. The van der Waals surface area contributed by atoms with Gasteiger partial charge in [0.05, 0.1) is 18.2 Å². The predicted molar refractivity (Wildman–Crippen MR) is 285 cm³/mol. The molecule has 285 valence electrons. The number of rotatable bonds is 10. The van der Waals surface area contributed by atoms with E-state index in [9.17, 15) is 0 Å². The van der Waals surface area contributed by atoms with Crippen molar-refractivity contribution >= 4 is 143 Å². The number of imidazole rings is 1. The number of nitrogens with zero attached hydrogens (tertiary/aromatic N) is 3. The molecule has 1 atom stereocenters. The van der Waals surface area contributed by atoms with Gasteiger partial charge in [0.2, 0.25) is 0 Å². The molecule has 2 aromatic heterocycles. The van der Waals surface area contributed by atoms with E-state index in [4.69, 9.17) is 46.4 Å². The van der Waals surface area contributed by atoms with Crippen molar-refractivity contribution in [2.45, 2.75) is 31.3 Å². The number of nitrogens with one attached hydrogen (secondary N) is 1. The third kappa shape index (κ3) is 9.66. The van der Waals surface area contributed by atoms with Gasteiger partial charge in [-0.25, -0.2) is 15.0 Å². The number of halogens is 2. The van der Waals surface area contributed by atoms with Crippen LogP contribution < -0.4 is 15.9 Å². The Hall–Kier alpha value is -3.77. The van der Waals surface area contributed by atoms with Crippen molar-refractivity contribution in [2.24, 2.45) is 0 Å². The number of H-pyrrole nitrogens is 1. The normalized spacial score (nSPS) is 15.0. The van der Waals surface area contributed by atoms with E-state index in [0.717, 1.165) is 47.0 Å². The Bertz CT molecular complexity index is 2460. The van der Waals surface area contributed by atoms with E-state index in [-0.39, 0.29) is 6.39 Å². The average molecular weight is 932 g/mol. The fraction of sp³-hybridized carbons (Fsp3) is 0.114. The minimum absolute atomic E-state index is 0.371. The van der Waals surface area contributed by atoms with Crippen LogP contribution >= 0.6 is 36.7 Å². The minimum atomic E-state index is -3.00. The molecule has 0 saturated carbocycles. The molecule has 1 unspecified atom stereocenters. The van der Waals surface area contributed by atoms with Crippen LogP contribution in [0.2, 0.25) is 0 Å². The van der Waals surface area contributed by atoms with E-state index in [2.05, 4.69) is 185 Å². The van der Waals surface area contributed by atoms with E-state index in [1.54, 1.807) is 12.7 Å². The van der Waals surface area contributed by atoms with E-state index < -0.39 is 24.5 Å². The summed E-state index contributed by atoms with van der Waals surface area (Å²) in [6.07, 6.45) is 13.3. The second kappa shape index (κ2) is 20.8. The Balaban J connectivity index is 0.000000157. The standard InChI is InChI=1S/C27H23Br2P.C17H14N4.B11/c28-22-18-16-21-17-19-27(26(21)20-22)30(29,23-10-4-1-5-11-23,24-12-6-2-7-13-24)25-14-8-3-9-15-25;1-3-13(15-7-18-10-19-8-15)6-17-12(1)2-4-14(17)5-16-9-20-11-21-16;1-7-10(6)11(8(2)3)9(4)5/h1-16,18,20,27H,17,19H2;1,3,5-11H,2,4H2,(H,20,21);/b;14-5+;. The molecule has 4 nitrogen and oxygen atoms in total. The molecule has 7 aromatic rings. The minimum Gasteiger partial charge on any atom is -0.345 e. The number of aromatic nitrogens is 4. The van der Waals surface area contributed by atoms with Crippen LogP contribution in [0.3, 0.4) is 0 Å². The number of hydrogen-bond donors (Lipinski definition) is 1. The van der Waals surface area contributed by atoms with Crippen LogP contribution in [0.15, 0.2) is 163 Å². The van der Waals surface area contributed by atoms with Crippen molar-refractivity contribution in [3.63, 3.8) is 0 Å². The maximum Gasteiger partial charge on any atom is 0.115 e. The third-order valence-corrected chi connectivity index (χ3v) is 23.2. The Kier molecular flexibility index (Phi) is 15.5. The van der Waals surface area contributed by atoms with Crippen molar-refractivity contribution in [3.8, 4) is 11.1 Å². The van der Waals surface area contributed by atoms with Gasteiger partial charge in [0, 0.05) is 97.0 Å². The first-order chi connectivity index (χ1) is 30.0. The molecule has 0 spiro atoms. The monoisotopic (exact) mass is 931 g/mol. The van der Waals surface area contributed by atoms with Gasteiger partial charge in [0.25, 0.3) is 0 Å². The number of aryl methyl sites for hydroxylation is 2. The molecule has 2 heterocycles. The van der Waals surface area contributed by atoms with Gasteiger partial charge in [-0.15, -0.1) is 0 Å². The molecule has 1 N–H and O–H groups in total. The summed E-state index contributed by atoms with van der Waals surface area (Å²) in [5, 5.41) is 1.17. The Labute approximate surface area is 394 Å². The molecular weight excluding hydrogens is 894 g/mol. The zero-order valence-corrected chi connectivity index (χ0v) is 38.5. The molecule has 0 fully saturated rings. The van der Waals surface area contributed by atoms with Crippen molar-refractivity contribution in [3.05, 3.63) is 191 Å². The van der Waals surface area contributed by atoms with Crippen LogP contribution in [0.25, 0.3) is 22.8 Å². The molecule has 2 aliphatic carbocycles. The molecule has 18 heteroatoms. The van der Waals surface area contributed by atoms with Gasteiger partial charge in [-0.05, 0) is 47.2 Å². The van der Waals surface area contributed by atoms with Gasteiger partial charge >= 0.3 is 196 Å². The van der Waals surface area contributed by atoms with Crippen molar-refractivity contribution in [1.82, 2.24) is 19.9 Å². The molecule has 62 heavy (non-hydrogen) atoms. The number of fused-ring (bicyclic) bond motifs is 2. The molecule has 5 aromatic carbocycles. The Morgan fingerprint density at radius 3 is 1.76 bits per heavy atom. The second-order valence-electron chi connectivity index (χ2n) is 15.7. The molecule has 0 aliphatic heterocycles. The molecule has 0 saturated heterocycles. The summed E-state index contributed by atoms with van der Waals surface area (Å²) < 4.78 is 1.15. The van der Waals surface area contributed by atoms with Crippen LogP contribution in [-0.2, 0) is 12.8 Å².